The fourth-order valence-corrected chi connectivity index (χ4v) is 2.36. The first-order valence-corrected chi connectivity index (χ1v) is 5.70. The van der Waals surface area contributed by atoms with Gasteiger partial charge in [-0.15, -0.1) is 0 Å². The highest BCUT2D eigenvalue weighted by Gasteiger charge is 2.44. The zero-order valence-electron chi connectivity index (χ0n) is 10.6. The minimum Gasteiger partial charge on any atom is -0.362 e. The number of halogens is 1. The lowest BCUT2D eigenvalue weighted by molar-refractivity contribution is -0.0971. The highest BCUT2D eigenvalue weighted by Crippen LogP contribution is 2.51. The number of hydrogen-bond acceptors (Lipinski definition) is 1. The molecule has 0 saturated heterocycles. The van der Waals surface area contributed by atoms with Crippen LogP contribution in [0.3, 0.4) is 0 Å². The summed E-state index contributed by atoms with van der Waals surface area (Å²) >= 11 is 0. The van der Waals surface area contributed by atoms with Gasteiger partial charge in [-0.25, -0.2) is 4.39 Å². The molecule has 1 heterocycles. The largest absolute Gasteiger partial charge is 0.362 e. The van der Waals surface area contributed by atoms with E-state index in [2.05, 4.69) is 20.8 Å². The van der Waals surface area contributed by atoms with Crippen LogP contribution in [0.25, 0.3) is 0 Å². The molecular weight excluding hydrogens is 203 g/mol. The van der Waals surface area contributed by atoms with Gasteiger partial charge in [0.25, 0.3) is 0 Å². The molecular formula is C14H19FO. The van der Waals surface area contributed by atoms with Crippen molar-refractivity contribution in [3.05, 3.63) is 35.1 Å². The number of ether oxygens (including phenoxy) is 1. The molecule has 2 rings (SSSR count). The third kappa shape index (κ3) is 1.65. The van der Waals surface area contributed by atoms with Crippen LogP contribution in [0.1, 0.15) is 51.8 Å². The third-order valence-electron chi connectivity index (χ3n) is 3.16. The molecule has 88 valence electrons. The van der Waals surface area contributed by atoms with Crippen LogP contribution in [0, 0.1) is 11.2 Å². The van der Waals surface area contributed by atoms with Gasteiger partial charge in [0.1, 0.15) is 5.82 Å². The van der Waals surface area contributed by atoms with Crippen LogP contribution < -0.4 is 0 Å². The van der Waals surface area contributed by atoms with Gasteiger partial charge >= 0.3 is 0 Å². The van der Waals surface area contributed by atoms with E-state index in [0.717, 1.165) is 11.1 Å². The Morgan fingerprint density at radius 3 is 2.44 bits per heavy atom. The molecule has 0 aliphatic carbocycles. The summed E-state index contributed by atoms with van der Waals surface area (Å²) in [5.74, 6) is -0.150. The van der Waals surface area contributed by atoms with Crippen LogP contribution in [-0.4, -0.2) is 0 Å². The van der Waals surface area contributed by atoms with Crippen molar-refractivity contribution in [1.82, 2.24) is 0 Å². The Labute approximate surface area is 96.6 Å². The van der Waals surface area contributed by atoms with Gasteiger partial charge in [0.2, 0.25) is 0 Å². The Morgan fingerprint density at radius 1 is 1.25 bits per heavy atom. The Hall–Kier alpha value is -0.890. The van der Waals surface area contributed by atoms with Gasteiger partial charge in [-0.05, 0) is 30.9 Å². The van der Waals surface area contributed by atoms with E-state index in [9.17, 15) is 4.39 Å². The summed E-state index contributed by atoms with van der Waals surface area (Å²) in [7, 11) is 0. The normalized spacial score (nSPS) is 23.2. The molecule has 1 unspecified atom stereocenters. The molecule has 0 saturated carbocycles. The fourth-order valence-electron chi connectivity index (χ4n) is 2.36. The molecule has 1 aromatic carbocycles. The van der Waals surface area contributed by atoms with Gasteiger partial charge in [-0.3, -0.25) is 0 Å². The third-order valence-corrected chi connectivity index (χ3v) is 3.16. The van der Waals surface area contributed by atoms with Crippen molar-refractivity contribution in [2.75, 3.05) is 0 Å². The molecule has 1 nitrogen and oxygen atoms in total. The molecule has 0 N–H and O–H groups in total. The van der Waals surface area contributed by atoms with Crippen LogP contribution in [0.4, 0.5) is 4.39 Å². The lowest BCUT2D eigenvalue weighted by Crippen LogP contribution is -2.22. The van der Waals surface area contributed by atoms with Crippen molar-refractivity contribution in [3.8, 4) is 0 Å². The maximum absolute atomic E-state index is 13.9. The molecule has 1 aliphatic heterocycles. The minimum atomic E-state index is -0.393. The minimum absolute atomic E-state index is 0.0925. The van der Waals surface area contributed by atoms with E-state index in [1.54, 1.807) is 6.07 Å². The summed E-state index contributed by atoms with van der Waals surface area (Å²) in [5, 5.41) is 0. The SMILES string of the molecule is CC1(C)OC(C(C)(C)C)c2c(F)cccc21. The zero-order valence-corrected chi connectivity index (χ0v) is 10.6. The summed E-state index contributed by atoms with van der Waals surface area (Å²) in [6.45, 7) is 10.2. The second kappa shape index (κ2) is 3.30. The second-order valence-corrected chi connectivity index (χ2v) is 6.08. The first kappa shape index (κ1) is 11.6. The zero-order chi connectivity index (χ0) is 12.1. The fraction of sp³-hybridized carbons (Fsp3) is 0.571. The number of hydrogen-bond donors (Lipinski definition) is 0. The van der Waals surface area contributed by atoms with E-state index in [4.69, 9.17) is 4.74 Å². The van der Waals surface area contributed by atoms with Crippen LogP contribution in [0.2, 0.25) is 0 Å². The summed E-state index contributed by atoms with van der Waals surface area (Å²) in [5.41, 5.74) is 1.23. The molecule has 1 aliphatic rings. The van der Waals surface area contributed by atoms with Gasteiger partial charge in [0, 0.05) is 5.56 Å². The van der Waals surface area contributed by atoms with E-state index in [-0.39, 0.29) is 17.3 Å². The molecule has 0 spiro atoms. The number of fused-ring (bicyclic) bond motifs is 1. The Balaban J connectivity index is 2.61. The van der Waals surface area contributed by atoms with Crippen molar-refractivity contribution in [3.63, 3.8) is 0 Å². The van der Waals surface area contributed by atoms with Crippen molar-refractivity contribution in [2.45, 2.75) is 46.3 Å². The smallest absolute Gasteiger partial charge is 0.129 e. The molecule has 0 bridgehead atoms. The van der Waals surface area contributed by atoms with E-state index in [1.807, 2.05) is 19.9 Å². The van der Waals surface area contributed by atoms with Crippen molar-refractivity contribution in [1.29, 1.82) is 0 Å². The van der Waals surface area contributed by atoms with E-state index < -0.39 is 5.60 Å². The van der Waals surface area contributed by atoms with Crippen LogP contribution in [-0.2, 0) is 10.3 Å². The summed E-state index contributed by atoms with van der Waals surface area (Å²) in [4.78, 5) is 0. The molecule has 16 heavy (non-hydrogen) atoms. The van der Waals surface area contributed by atoms with Crippen molar-refractivity contribution >= 4 is 0 Å². The predicted molar refractivity (Wildman–Crippen MR) is 62.7 cm³/mol. The van der Waals surface area contributed by atoms with Crippen LogP contribution in [0.5, 0.6) is 0 Å². The van der Waals surface area contributed by atoms with Gasteiger partial charge in [0.05, 0.1) is 11.7 Å². The average Bonchev–Trinajstić information content (AvgIpc) is 2.39. The maximum atomic E-state index is 13.9. The van der Waals surface area contributed by atoms with Crippen LogP contribution >= 0.6 is 0 Å². The maximum Gasteiger partial charge on any atom is 0.129 e. The molecule has 0 radical (unpaired) electrons. The first-order chi connectivity index (χ1) is 7.23. The standard InChI is InChI=1S/C14H19FO/c1-13(2,3)12-11-9(14(4,5)16-12)7-6-8-10(11)15/h6-8,12H,1-5H3. The molecule has 1 atom stereocenters. The Bertz CT molecular complexity index is 415. The van der Waals surface area contributed by atoms with E-state index in [1.165, 1.54) is 6.07 Å². The summed E-state index contributed by atoms with van der Waals surface area (Å²) in [6, 6.07) is 5.23. The van der Waals surface area contributed by atoms with E-state index in [0.29, 0.717) is 0 Å². The molecule has 2 heteroatoms. The lowest BCUT2D eigenvalue weighted by Gasteiger charge is -2.29. The monoisotopic (exact) mass is 222 g/mol. The Kier molecular flexibility index (Phi) is 2.39. The number of benzene rings is 1. The quantitative estimate of drug-likeness (QED) is 0.640. The molecule has 0 aromatic heterocycles. The predicted octanol–water partition coefficient (Wildman–Crippen LogP) is 4.18. The topological polar surface area (TPSA) is 9.23 Å². The highest BCUT2D eigenvalue weighted by atomic mass is 19.1. The van der Waals surface area contributed by atoms with Gasteiger partial charge in [-0.1, -0.05) is 32.9 Å². The average molecular weight is 222 g/mol. The van der Waals surface area contributed by atoms with Crippen molar-refractivity contribution < 1.29 is 9.13 Å². The van der Waals surface area contributed by atoms with Gasteiger partial charge < -0.3 is 4.74 Å². The van der Waals surface area contributed by atoms with Gasteiger partial charge in [-0.2, -0.15) is 0 Å². The van der Waals surface area contributed by atoms with Crippen molar-refractivity contribution in [2.24, 2.45) is 5.41 Å². The molecule has 0 amide bonds. The Morgan fingerprint density at radius 2 is 1.88 bits per heavy atom. The highest BCUT2D eigenvalue weighted by molar-refractivity contribution is 5.39. The number of rotatable bonds is 0. The second-order valence-electron chi connectivity index (χ2n) is 6.08. The van der Waals surface area contributed by atoms with Gasteiger partial charge in [0.15, 0.2) is 0 Å². The first-order valence-electron chi connectivity index (χ1n) is 5.70. The summed E-state index contributed by atoms with van der Waals surface area (Å²) < 4.78 is 20.0. The van der Waals surface area contributed by atoms with E-state index >= 15 is 0 Å². The van der Waals surface area contributed by atoms with Crippen LogP contribution in [0.15, 0.2) is 18.2 Å². The molecule has 0 fully saturated rings. The lowest BCUT2D eigenvalue weighted by atomic mass is 9.83. The summed E-state index contributed by atoms with van der Waals surface area (Å²) in [6.07, 6.45) is -0.168. The molecule has 1 aromatic rings.